The summed E-state index contributed by atoms with van der Waals surface area (Å²) in [5.41, 5.74) is 2.94. The largest absolute Gasteiger partial charge is 0.496 e. The molecule has 0 spiro atoms. The molecule has 2 aromatic heterocycles. The van der Waals surface area contributed by atoms with Gasteiger partial charge in [-0.1, -0.05) is 33.6 Å². The van der Waals surface area contributed by atoms with Crippen molar-refractivity contribution in [2.24, 2.45) is 12.1 Å². The van der Waals surface area contributed by atoms with E-state index in [1.54, 1.807) is 30.9 Å². The van der Waals surface area contributed by atoms with Gasteiger partial charge in [0, 0.05) is 28.7 Å². The Balaban J connectivity index is 2.06. The van der Waals surface area contributed by atoms with Crippen LogP contribution in [0, 0.1) is 0 Å². The molecule has 0 saturated heterocycles. The average Bonchev–Trinajstić information content (AvgIpc) is 3.04. The summed E-state index contributed by atoms with van der Waals surface area (Å²) in [6, 6.07) is 5.52. The highest BCUT2D eigenvalue weighted by atomic mass is 79.9. The standard InChI is InChI=1S/C18H18BrClN6O3/c1-10(20)6-7-26-14-15(25(2)18(28)23-16(14)27)22-17(26)24-21-9-11-8-12(19)4-5-13(11)29-3/h4-6,8-9H,7H2,1-3H3,(H,22,24)(H,23,27,28)/b10-6-,21-9+. The number of hydrazone groups is 1. The third-order valence-corrected chi connectivity index (χ3v) is 4.77. The number of H-pyrrole nitrogens is 1. The zero-order valence-electron chi connectivity index (χ0n) is 15.9. The van der Waals surface area contributed by atoms with Crippen LogP contribution in [-0.2, 0) is 13.6 Å². The number of aromatic nitrogens is 4. The number of anilines is 1. The van der Waals surface area contributed by atoms with Gasteiger partial charge in [0.15, 0.2) is 11.2 Å². The summed E-state index contributed by atoms with van der Waals surface area (Å²) in [5, 5.41) is 4.77. The maximum Gasteiger partial charge on any atom is 0.329 e. The first-order chi connectivity index (χ1) is 13.8. The molecule has 29 heavy (non-hydrogen) atoms. The van der Waals surface area contributed by atoms with E-state index in [9.17, 15) is 9.59 Å². The van der Waals surface area contributed by atoms with Crippen molar-refractivity contribution >= 4 is 50.9 Å². The van der Waals surface area contributed by atoms with E-state index < -0.39 is 11.2 Å². The summed E-state index contributed by atoms with van der Waals surface area (Å²) in [7, 11) is 3.10. The van der Waals surface area contributed by atoms with Crippen molar-refractivity contribution in [3.05, 3.63) is 60.2 Å². The molecule has 0 unspecified atom stereocenters. The minimum absolute atomic E-state index is 0.233. The number of halogens is 2. The van der Waals surface area contributed by atoms with Gasteiger partial charge in [-0.3, -0.25) is 18.9 Å². The predicted octanol–water partition coefficient (Wildman–Crippen LogP) is 2.78. The van der Waals surface area contributed by atoms with E-state index in [4.69, 9.17) is 16.3 Å². The molecule has 0 aliphatic heterocycles. The number of aryl methyl sites for hydroxylation is 1. The van der Waals surface area contributed by atoms with E-state index in [2.05, 4.69) is 36.4 Å². The fraction of sp³-hybridized carbons (Fsp3) is 0.222. The fourth-order valence-corrected chi connectivity index (χ4v) is 3.13. The lowest BCUT2D eigenvalue weighted by atomic mass is 10.2. The first-order valence-electron chi connectivity index (χ1n) is 8.46. The van der Waals surface area contributed by atoms with Crippen molar-refractivity contribution in [3.63, 3.8) is 0 Å². The van der Waals surface area contributed by atoms with Crippen molar-refractivity contribution in [3.8, 4) is 5.75 Å². The summed E-state index contributed by atoms with van der Waals surface area (Å²) in [6.45, 7) is 2.00. The number of hydrogen-bond acceptors (Lipinski definition) is 6. The predicted molar refractivity (Wildman–Crippen MR) is 117 cm³/mol. The molecular weight excluding hydrogens is 464 g/mol. The Kier molecular flexibility index (Phi) is 6.23. The van der Waals surface area contributed by atoms with Crippen LogP contribution in [0.4, 0.5) is 5.95 Å². The highest BCUT2D eigenvalue weighted by Crippen LogP contribution is 2.21. The van der Waals surface area contributed by atoms with Crippen molar-refractivity contribution in [2.75, 3.05) is 12.5 Å². The molecule has 0 radical (unpaired) electrons. The number of nitrogens with one attached hydrogen (secondary N) is 2. The maximum atomic E-state index is 12.4. The number of benzene rings is 1. The zero-order chi connectivity index (χ0) is 21.1. The monoisotopic (exact) mass is 480 g/mol. The second-order valence-corrected chi connectivity index (χ2v) is 7.60. The van der Waals surface area contributed by atoms with Crippen molar-refractivity contribution in [2.45, 2.75) is 13.5 Å². The van der Waals surface area contributed by atoms with E-state index in [0.717, 1.165) is 10.0 Å². The molecule has 0 atom stereocenters. The number of allylic oxidation sites excluding steroid dienone is 2. The van der Waals surface area contributed by atoms with Crippen LogP contribution in [0.5, 0.6) is 5.75 Å². The molecule has 0 amide bonds. The molecule has 2 N–H and O–H groups in total. The molecule has 11 heteroatoms. The number of methoxy groups -OCH3 is 1. The molecule has 2 heterocycles. The first-order valence-corrected chi connectivity index (χ1v) is 9.63. The maximum absolute atomic E-state index is 12.4. The van der Waals surface area contributed by atoms with Gasteiger partial charge < -0.3 is 4.74 Å². The zero-order valence-corrected chi connectivity index (χ0v) is 18.2. The van der Waals surface area contributed by atoms with Crippen LogP contribution in [-0.4, -0.2) is 32.4 Å². The van der Waals surface area contributed by atoms with Gasteiger partial charge in [-0.25, -0.2) is 10.2 Å². The highest BCUT2D eigenvalue weighted by Gasteiger charge is 2.16. The molecule has 0 aliphatic carbocycles. The Morgan fingerprint density at radius 3 is 2.90 bits per heavy atom. The van der Waals surface area contributed by atoms with Crippen molar-refractivity contribution in [1.29, 1.82) is 0 Å². The van der Waals surface area contributed by atoms with Gasteiger partial charge in [-0.2, -0.15) is 10.1 Å². The number of hydrogen-bond donors (Lipinski definition) is 2. The topological polar surface area (TPSA) is 106 Å². The summed E-state index contributed by atoms with van der Waals surface area (Å²) < 4.78 is 9.04. The van der Waals surface area contributed by atoms with Gasteiger partial charge in [0.2, 0.25) is 5.95 Å². The van der Waals surface area contributed by atoms with E-state index in [1.165, 1.54) is 11.6 Å². The van der Waals surface area contributed by atoms with Gasteiger partial charge in [0.25, 0.3) is 5.56 Å². The Morgan fingerprint density at radius 1 is 1.45 bits per heavy atom. The highest BCUT2D eigenvalue weighted by molar-refractivity contribution is 9.10. The lowest BCUT2D eigenvalue weighted by Gasteiger charge is -2.06. The summed E-state index contributed by atoms with van der Waals surface area (Å²) in [5.74, 6) is 0.929. The van der Waals surface area contributed by atoms with Crippen LogP contribution >= 0.6 is 27.5 Å². The van der Waals surface area contributed by atoms with Crippen LogP contribution in [0.3, 0.4) is 0 Å². The Hall–Kier alpha value is -2.85. The van der Waals surface area contributed by atoms with Crippen LogP contribution in [0.15, 0.2) is 48.5 Å². The SMILES string of the molecule is COc1ccc(Br)cc1/C=N/Nc1nc2c(c(=O)[nH]c(=O)n2C)n1C/C=C(/C)Cl. The Labute approximate surface area is 178 Å². The molecular formula is C18H18BrClN6O3. The minimum Gasteiger partial charge on any atom is -0.496 e. The normalized spacial score (nSPS) is 12.1. The quantitative estimate of drug-likeness (QED) is 0.416. The lowest BCUT2D eigenvalue weighted by molar-refractivity contribution is 0.414. The second kappa shape index (κ2) is 8.66. The smallest absolute Gasteiger partial charge is 0.329 e. The molecule has 3 rings (SSSR count). The number of nitrogens with zero attached hydrogens (tertiary/aromatic N) is 4. The van der Waals surface area contributed by atoms with Gasteiger partial charge in [-0.15, -0.1) is 0 Å². The van der Waals surface area contributed by atoms with Gasteiger partial charge in [0.1, 0.15) is 5.75 Å². The van der Waals surface area contributed by atoms with Crippen LogP contribution < -0.4 is 21.4 Å². The van der Waals surface area contributed by atoms with Gasteiger partial charge in [-0.05, 0) is 25.1 Å². The molecule has 152 valence electrons. The number of fused-ring (bicyclic) bond motifs is 1. The number of imidazole rings is 1. The van der Waals surface area contributed by atoms with Crippen LogP contribution in [0.25, 0.3) is 11.2 Å². The van der Waals surface area contributed by atoms with Gasteiger partial charge in [0.05, 0.1) is 13.3 Å². The molecule has 0 bridgehead atoms. The molecule has 9 nitrogen and oxygen atoms in total. The molecule has 3 aromatic rings. The Morgan fingerprint density at radius 2 is 2.21 bits per heavy atom. The second-order valence-electron chi connectivity index (χ2n) is 6.08. The molecule has 1 aromatic carbocycles. The third kappa shape index (κ3) is 4.43. The van der Waals surface area contributed by atoms with E-state index in [0.29, 0.717) is 10.8 Å². The molecule has 0 aliphatic rings. The van der Waals surface area contributed by atoms with Crippen LogP contribution in [0.2, 0.25) is 0 Å². The lowest BCUT2D eigenvalue weighted by Crippen LogP contribution is -2.29. The van der Waals surface area contributed by atoms with E-state index >= 15 is 0 Å². The summed E-state index contributed by atoms with van der Waals surface area (Å²) in [4.78, 5) is 30.9. The number of aromatic amines is 1. The minimum atomic E-state index is -0.551. The Bertz CT molecular complexity index is 1240. The number of rotatable bonds is 6. The van der Waals surface area contributed by atoms with E-state index in [-0.39, 0.29) is 23.7 Å². The summed E-state index contributed by atoms with van der Waals surface area (Å²) >= 11 is 9.36. The van der Waals surface area contributed by atoms with Crippen molar-refractivity contribution in [1.82, 2.24) is 19.1 Å². The third-order valence-electron chi connectivity index (χ3n) is 4.12. The summed E-state index contributed by atoms with van der Waals surface area (Å²) in [6.07, 6.45) is 3.29. The molecule has 0 fully saturated rings. The van der Waals surface area contributed by atoms with Gasteiger partial charge >= 0.3 is 5.69 Å². The fourth-order valence-electron chi connectivity index (χ4n) is 2.68. The average molecular weight is 482 g/mol. The van der Waals surface area contributed by atoms with Crippen molar-refractivity contribution < 1.29 is 4.74 Å². The van der Waals surface area contributed by atoms with E-state index in [1.807, 2.05) is 18.2 Å². The van der Waals surface area contributed by atoms with Crippen LogP contribution in [0.1, 0.15) is 12.5 Å². The first kappa shape index (κ1) is 20.9. The number of ether oxygens (including phenoxy) is 1. The molecule has 0 saturated carbocycles.